The number of nitrogens with zero attached hydrogens (tertiary/aromatic N) is 6. The van der Waals surface area contributed by atoms with Crippen LogP contribution in [0.3, 0.4) is 0 Å². The number of rotatable bonds is 6. The fourth-order valence-electron chi connectivity index (χ4n) is 3.37. The van der Waals surface area contributed by atoms with Gasteiger partial charge >= 0.3 is 5.97 Å². The van der Waals surface area contributed by atoms with Crippen LogP contribution < -0.4 is 0 Å². The molecule has 1 atom stereocenters. The topological polar surface area (TPSA) is 104 Å². The molecule has 1 amide bonds. The molecule has 9 nitrogen and oxygen atoms in total. The number of piperazine rings is 1. The maximum atomic E-state index is 12.7. The van der Waals surface area contributed by atoms with E-state index >= 15 is 0 Å². The second-order valence-electron chi connectivity index (χ2n) is 7.05. The van der Waals surface area contributed by atoms with Crippen molar-refractivity contribution in [3.8, 4) is 0 Å². The molecule has 0 radical (unpaired) electrons. The second-order valence-corrected chi connectivity index (χ2v) is 7.49. The summed E-state index contributed by atoms with van der Waals surface area (Å²) in [7, 11) is 0. The van der Waals surface area contributed by atoms with Crippen molar-refractivity contribution in [3.05, 3.63) is 46.2 Å². The smallest absolute Gasteiger partial charge is 0.317 e. The van der Waals surface area contributed by atoms with E-state index in [1.807, 2.05) is 24.0 Å². The monoisotopic (exact) mass is 418 g/mol. The lowest BCUT2D eigenvalue weighted by Gasteiger charge is -2.38. The molecule has 1 aromatic carbocycles. The Morgan fingerprint density at radius 1 is 1.34 bits per heavy atom. The number of hydrogen-bond acceptors (Lipinski definition) is 6. The summed E-state index contributed by atoms with van der Waals surface area (Å²) in [5, 5.41) is 21.5. The Morgan fingerprint density at radius 2 is 2.14 bits per heavy atom. The third-order valence-corrected chi connectivity index (χ3v) is 4.96. The van der Waals surface area contributed by atoms with Crippen LogP contribution in [0.4, 0.5) is 0 Å². The largest absolute Gasteiger partial charge is 0.480 e. The predicted molar refractivity (Wildman–Crippen MR) is 107 cm³/mol. The predicted octanol–water partition coefficient (Wildman–Crippen LogP) is 1.31. The number of aromatic nitrogens is 4. The minimum Gasteiger partial charge on any atom is -0.480 e. The number of carbonyl (C=O) groups is 2. The molecule has 0 unspecified atom stereocenters. The highest BCUT2D eigenvalue weighted by atomic mass is 35.5. The summed E-state index contributed by atoms with van der Waals surface area (Å²) in [4.78, 5) is 28.6. The highest BCUT2D eigenvalue weighted by Gasteiger charge is 2.27. The van der Waals surface area contributed by atoms with Crippen LogP contribution in [0, 0.1) is 6.92 Å². The number of amides is 1. The summed E-state index contributed by atoms with van der Waals surface area (Å²) in [6, 6.07) is 5.37. The Morgan fingerprint density at radius 3 is 2.79 bits per heavy atom. The molecular weight excluding hydrogens is 396 g/mol. The van der Waals surface area contributed by atoms with E-state index < -0.39 is 5.97 Å². The first-order valence-electron chi connectivity index (χ1n) is 9.27. The van der Waals surface area contributed by atoms with Gasteiger partial charge in [-0.15, -0.1) is 10.2 Å². The Labute approximate surface area is 173 Å². The van der Waals surface area contributed by atoms with Gasteiger partial charge in [0.15, 0.2) is 5.82 Å². The highest BCUT2D eigenvalue weighted by molar-refractivity contribution is 6.30. The van der Waals surface area contributed by atoms with Crippen molar-refractivity contribution in [3.63, 3.8) is 0 Å². The van der Waals surface area contributed by atoms with Gasteiger partial charge in [-0.05, 0) is 48.4 Å². The normalized spacial score (nSPS) is 17.8. The van der Waals surface area contributed by atoms with Crippen molar-refractivity contribution < 1.29 is 14.7 Å². The van der Waals surface area contributed by atoms with Crippen LogP contribution in [0.25, 0.3) is 6.08 Å². The van der Waals surface area contributed by atoms with E-state index in [1.54, 1.807) is 24.0 Å². The Hall–Kier alpha value is -2.78. The molecule has 2 aromatic rings. The average molecular weight is 419 g/mol. The van der Waals surface area contributed by atoms with Crippen LogP contribution >= 0.6 is 11.6 Å². The van der Waals surface area contributed by atoms with Gasteiger partial charge < -0.3 is 10.0 Å². The van der Waals surface area contributed by atoms with Gasteiger partial charge in [0.05, 0.1) is 13.1 Å². The number of carbonyl (C=O) groups excluding carboxylic acids is 1. The summed E-state index contributed by atoms with van der Waals surface area (Å²) in [5.74, 6) is -0.386. The maximum Gasteiger partial charge on any atom is 0.317 e. The van der Waals surface area contributed by atoms with Crippen LogP contribution in [0.5, 0.6) is 0 Å². The van der Waals surface area contributed by atoms with E-state index in [4.69, 9.17) is 16.7 Å². The zero-order chi connectivity index (χ0) is 21.0. The molecule has 29 heavy (non-hydrogen) atoms. The van der Waals surface area contributed by atoms with Crippen LogP contribution in [-0.2, 0) is 16.1 Å². The molecule has 0 spiro atoms. The van der Waals surface area contributed by atoms with Crippen molar-refractivity contribution in [2.75, 3.05) is 26.2 Å². The number of carboxylic acids is 1. The number of hydrogen-bond donors (Lipinski definition) is 1. The molecule has 0 bridgehead atoms. The van der Waals surface area contributed by atoms with Crippen molar-refractivity contribution >= 4 is 29.6 Å². The number of benzene rings is 1. The molecule has 0 aliphatic carbocycles. The molecule has 1 fully saturated rings. The maximum absolute atomic E-state index is 12.7. The number of halogens is 1. The molecule has 1 aliphatic rings. The molecule has 1 N–H and O–H groups in total. The molecule has 2 heterocycles. The van der Waals surface area contributed by atoms with Crippen molar-refractivity contribution in [1.29, 1.82) is 0 Å². The van der Waals surface area contributed by atoms with E-state index in [-0.39, 0.29) is 18.5 Å². The summed E-state index contributed by atoms with van der Waals surface area (Å²) < 4.78 is 0. The van der Waals surface area contributed by atoms with E-state index in [1.165, 1.54) is 10.9 Å². The quantitative estimate of drug-likeness (QED) is 0.705. The third kappa shape index (κ3) is 5.61. The zero-order valence-electron chi connectivity index (χ0n) is 16.3. The fourth-order valence-corrected chi connectivity index (χ4v) is 3.56. The Kier molecular flexibility index (Phi) is 6.60. The standard InChI is InChI=1S/C19H23ClN6O3/c1-13-10-24(12-19(28)29)7-8-25(13)18(27)6-4-15-3-5-17(20)9-16(15)11-26-22-14(2)21-23-26/h3-6,9,13H,7-8,10-12H2,1-2H3,(H,28,29)/t13-/m1/s1. The first-order chi connectivity index (χ1) is 13.8. The van der Waals surface area contributed by atoms with Gasteiger partial charge in [-0.25, -0.2) is 0 Å². The first-order valence-corrected chi connectivity index (χ1v) is 9.65. The van der Waals surface area contributed by atoms with E-state index in [9.17, 15) is 9.59 Å². The van der Waals surface area contributed by atoms with Crippen molar-refractivity contribution in [2.45, 2.75) is 26.4 Å². The van der Waals surface area contributed by atoms with Gasteiger partial charge in [0.25, 0.3) is 0 Å². The van der Waals surface area contributed by atoms with Gasteiger partial charge in [0, 0.05) is 36.8 Å². The van der Waals surface area contributed by atoms with Crippen LogP contribution in [-0.4, -0.2) is 79.2 Å². The van der Waals surface area contributed by atoms with Gasteiger partial charge in [0.2, 0.25) is 5.91 Å². The van der Waals surface area contributed by atoms with E-state index in [0.717, 1.165) is 11.1 Å². The van der Waals surface area contributed by atoms with Crippen LogP contribution in [0.15, 0.2) is 24.3 Å². The molecule has 3 rings (SSSR count). The second kappa shape index (κ2) is 9.15. The van der Waals surface area contributed by atoms with Crippen LogP contribution in [0.1, 0.15) is 23.9 Å². The highest BCUT2D eigenvalue weighted by Crippen LogP contribution is 2.19. The number of aryl methyl sites for hydroxylation is 1. The lowest BCUT2D eigenvalue weighted by molar-refractivity contribution is -0.139. The zero-order valence-corrected chi connectivity index (χ0v) is 17.1. The van der Waals surface area contributed by atoms with Crippen LogP contribution in [0.2, 0.25) is 5.02 Å². The molecule has 1 saturated heterocycles. The lowest BCUT2D eigenvalue weighted by atomic mass is 10.1. The summed E-state index contributed by atoms with van der Waals surface area (Å²) in [5.41, 5.74) is 1.72. The molecule has 154 valence electrons. The third-order valence-electron chi connectivity index (χ3n) is 4.73. The Balaban J connectivity index is 1.69. The SMILES string of the molecule is Cc1nnn(Cc2cc(Cl)ccc2C=CC(=O)N2CCN(CC(=O)O)C[C@H]2C)n1. The summed E-state index contributed by atoms with van der Waals surface area (Å²) in [6.07, 6.45) is 3.30. The number of tetrazole rings is 1. The molecule has 0 saturated carbocycles. The summed E-state index contributed by atoms with van der Waals surface area (Å²) >= 11 is 6.13. The first kappa shape index (κ1) is 20.9. The molecular formula is C19H23ClN6O3. The Bertz CT molecular complexity index is 928. The molecule has 1 aliphatic heterocycles. The average Bonchev–Trinajstić information content (AvgIpc) is 3.05. The minimum atomic E-state index is -0.857. The number of carboxylic acid groups (broad SMARTS) is 1. The minimum absolute atomic E-state index is 0.00780. The van der Waals surface area contributed by atoms with Gasteiger partial charge in [-0.1, -0.05) is 17.7 Å². The lowest BCUT2D eigenvalue weighted by Crippen LogP contribution is -2.54. The van der Waals surface area contributed by atoms with E-state index in [0.29, 0.717) is 37.0 Å². The number of aliphatic carboxylic acids is 1. The summed E-state index contributed by atoms with van der Waals surface area (Å²) in [6.45, 7) is 5.64. The van der Waals surface area contributed by atoms with Gasteiger partial charge in [-0.2, -0.15) is 4.80 Å². The van der Waals surface area contributed by atoms with E-state index in [2.05, 4.69) is 15.4 Å². The van der Waals surface area contributed by atoms with Crippen molar-refractivity contribution in [2.24, 2.45) is 0 Å². The van der Waals surface area contributed by atoms with Crippen molar-refractivity contribution in [1.82, 2.24) is 30.0 Å². The van der Waals surface area contributed by atoms with Gasteiger partial charge in [0.1, 0.15) is 0 Å². The fraction of sp³-hybridized carbons (Fsp3) is 0.421. The van der Waals surface area contributed by atoms with Gasteiger partial charge in [-0.3, -0.25) is 14.5 Å². The molecule has 10 heteroatoms. The molecule has 1 aromatic heterocycles.